The average molecular weight is 221 g/mol. The highest BCUT2D eigenvalue weighted by Crippen LogP contribution is 2.23. The zero-order chi connectivity index (χ0) is 11.4. The second-order valence-corrected chi connectivity index (χ2v) is 3.42. The first-order valence-electron chi connectivity index (χ1n) is 4.49. The Morgan fingerprint density at radius 3 is 2.73 bits per heavy atom. The quantitative estimate of drug-likeness (QED) is 0.615. The van der Waals surface area contributed by atoms with Crippen molar-refractivity contribution >= 4 is 18.6 Å². The number of carbonyl (C=O) groups excluding carboxylic acids is 1. The van der Waals surface area contributed by atoms with Crippen LogP contribution in [0.3, 0.4) is 0 Å². The van der Waals surface area contributed by atoms with Gasteiger partial charge >= 0.3 is 5.97 Å². The molecule has 0 amide bonds. The van der Waals surface area contributed by atoms with Crippen LogP contribution in [-0.4, -0.2) is 13.1 Å². The minimum absolute atomic E-state index is 0.329. The van der Waals surface area contributed by atoms with Gasteiger partial charge in [-0.3, -0.25) is 0 Å². The van der Waals surface area contributed by atoms with Crippen molar-refractivity contribution in [2.75, 3.05) is 7.11 Å². The maximum absolute atomic E-state index is 11.5. The van der Waals surface area contributed by atoms with Gasteiger partial charge in [-0.25, -0.2) is 4.79 Å². The smallest absolute Gasteiger partial charge is 0.339 e. The van der Waals surface area contributed by atoms with Crippen LogP contribution in [0.4, 0.5) is 0 Å². The number of esters is 1. The van der Waals surface area contributed by atoms with E-state index in [2.05, 4.69) is 17.4 Å². The molecule has 0 fully saturated rings. The molecule has 0 N–H and O–H groups in total. The van der Waals surface area contributed by atoms with Gasteiger partial charge in [-0.15, -0.1) is 12.6 Å². The summed E-state index contributed by atoms with van der Waals surface area (Å²) in [5, 5.41) is 8.89. The lowest BCUT2D eigenvalue weighted by molar-refractivity contribution is 0.0599. The van der Waals surface area contributed by atoms with Crippen molar-refractivity contribution in [1.29, 1.82) is 5.26 Å². The molecular weight excluding hydrogens is 210 g/mol. The standard InChI is InChI=1S/C11H11NO2S/c1-3-8-9(15)5-4-7(6-12)10(8)11(13)14-2/h4-5,15H,3H2,1-2H3. The third kappa shape index (κ3) is 2.13. The Kier molecular flexibility index (Phi) is 3.75. The van der Waals surface area contributed by atoms with E-state index in [1.54, 1.807) is 12.1 Å². The summed E-state index contributed by atoms with van der Waals surface area (Å²) >= 11 is 4.25. The number of thiol groups is 1. The van der Waals surface area contributed by atoms with Gasteiger partial charge in [0.1, 0.15) is 6.07 Å². The number of nitriles is 1. The zero-order valence-electron chi connectivity index (χ0n) is 8.57. The van der Waals surface area contributed by atoms with Crippen LogP contribution in [0.2, 0.25) is 0 Å². The Bertz CT molecular complexity index is 435. The largest absolute Gasteiger partial charge is 0.465 e. The Morgan fingerprint density at radius 1 is 1.60 bits per heavy atom. The Labute approximate surface area is 94.1 Å². The molecule has 1 aromatic rings. The van der Waals surface area contributed by atoms with Crippen molar-refractivity contribution in [3.05, 3.63) is 28.8 Å². The van der Waals surface area contributed by atoms with Gasteiger partial charge in [0, 0.05) is 4.90 Å². The number of carbonyl (C=O) groups is 1. The summed E-state index contributed by atoms with van der Waals surface area (Å²) in [6.07, 6.45) is 0.638. The highest BCUT2D eigenvalue weighted by atomic mass is 32.1. The van der Waals surface area contributed by atoms with Crippen molar-refractivity contribution in [3.8, 4) is 6.07 Å². The molecule has 0 saturated heterocycles. The Balaban J connectivity index is 3.49. The molecule has 0 unspecified atom stereocenters. The van der Waals surface area contributed by atoms with Crippen molar-refractivity contribution in [3.63, 3.8) is 0 Å². The summed E-state index contributed by atoms with van der Waals surface area (Å²) in [6, 6.07) is 5.27. The van der Waals surface area contributed by atoms with E-state index in [4.69, 9.17) is 5.26 Å². The fourth-order valence-electron chi connectivity index (χ4n) is 1.42. The lowest BCUT2D eigenvalue weighted by Crippen LogP contribution is -2.09. The fraction of sp³-hybridized carbons (Fsp3) is 0.273. The summed E-state index contributed by atoms with van der Waals surface area (Å²) in [4.78, 5) is 12.2. The van der Waals surface area contributed by atoms with E-state index in [1.807, 2.05) is 13.0 Å². The third-order valence-electron chi connectivity index (χ3n) is 2.15. The molecule has 0 spiro atoms. The summed E-state index contributed by atoms with van der Waals surface area (Å²) < 4.78 is 4.65. The van der Waals surface area contributed by atoms with Crippen LogP contribution in [0.15, 0.2) is 17.0 Å². The molecule has 1 aromatic carbocycles. The summed E-state index contributed by atoms with van der Waals surface area (Å²) in [5.41, 5.74) is 1.41. The van der Waals surface area contributed by atoms with Gasteiger partial charge in [0.15, 0.2) is 0 Å². The van der Waals surface area contributed by atoms with E-state index in [1.165, 1.54) is 7.11 Å². The second-order valence-electron chi connectivity index (χ2n) is 2.94. The first kappa shape index (κ1) is 11.6. The van der Waals surface area contributed by atoms with Crippen molar-refractivity contribution in [2.24, 2.45) is 0 Å². The monoisotopic (exact) mass is 221 g/mol. The predicted octanol–water partition coefficient (Wildman–Crippen LogP) is 2.20. The van der Waals surface area contributed by atoms with Crippen molar-refractivity contribution in [2.45, 2.75) is 18.2 Å². The molecule has 78 valence electrons. The SMILES string of the molecule is CCc1c(S)ccc(C#N)c1C(=O)OC. The number of ether oxygens (including phenoxy) is 1. The minimum Gasteiger partial charge on any atom is -0.465 e. The number of hydrogen-bond acceptors (Lipinski definition) is 4. The number of methoxy groups -OCH3 is 1. The topological polar surface area (TPSA) is 50.1 Å². The normalized spacial score (nSPS) is 9.47. The Morgan fingerprint density at radius 2 is 2.27 bits per heavy atom. The van der Waals surface area contributed by atoms with Gasteiger partial charge in [-0.2, -0.15) is 5.26 Å². The van der Waals surface area contributed by atoms with Crippen molar-refractivity contribution < 1.29 is 9.53 Å². The third-order valence-corrected chi connectivity index (χ3v) is 2.57. The molecular formula is C11H11NO2S. The maximum atomic E-state index is 11.5. The molecule has 0 bridgehead atoms. The van der Waals surface area contributed by atoms with Crippen LogP contribution < -0.4 is 0 Å². The molecule has 4 heteroatoms. The van der Waals surface area contributed by atoms with Gasteiger partial charge in [0.25, 0.3) is 0 Å². The van der Waals surface area contributed by atoms with E-state index >= 15 is 0 Å². The summed E-state index contributed by atoms with van der Waals surface area (Å²) in [6.45, 7) is 1.91. The molecule has 0 aliphatic carbocycles. The van der Waals surface area contributed by atoms with Crippen LogP contribution in [-0.2, 0) is 11.2 Å². The highest BCUT2D eigenvalue weighted by molar-refractivity contribution is 7.80. The van der Waals surface area contributed by atoms with Crippen LogP contribution in [0.1, 0.15) is 28.4 Å². The zero-order valence-corrected chi connectivity index (χ0v) is 9.47. The number of benzene rings is 1. The number of hydrogen-bond donors (Lipinski definition) is 1. The van der Waals surface area contributed by atoms with E-state index in [0.29, 0.717) is 22.4 Å². The van der Waals surface area contributed by atoms with Gasteiger partial charge in [-0.05, 0) is 24.1 Å². The minimum atomic E-state index is -0.487. The van der Waals surface area contributed by atoms with E-state index < -0.39 is 5.97 Å². The van der Waals surface area contributed by atoms with Gasteiger partial charge < -0.3 is 4.74 Å². The molecule has 15 heavy (non-hydrogen) atoms. The first-order chi connectivity index (χ1) is 7.15. The molecule has 0 heterocycles. The lowest BCUT2D eigenvalue weighted by atomic mass is 10.00. The summed E-state index contributed by atoms with van der Waals surface area (Å²) in [5.74, 6) is -0.487. The molecule has 3 nitrogen and oxygen atoms in total. The molecule has 1 rings (SSSR count). The predicted molar refractivity (Wildman–Crippen MR) is 59.1 cm³/mol. The van der Waals surface area contributed by atoms with Gasteiger partial charge in [0.2, 0.25) is 0 Å². The summed E-state index contributed by atoms with van der Waals surface area (Å²) in [7, 11) is 1.30. The van der Waals surface area contributed by atoms with Crippen LogP contribution in [0.5, 0.6) is 0 Å². The average Bonchev–Trinajstić information content (AvgIpc) is 2.27. The molecule has 0 saturated carbocycles. The van der Waals surface area contributed by atoms with Crippen LogP contribution >= 0.6 is 12.6 Å². The van der Waals surface area contributed by atoms with E-state index in [9.17, 15) is 4.79 Å². The number of rotatable bonds is 2. The van der Waals surface area contributed by atoms with Crippen LogP contribution in [0, 0.1) is 11.3 Å². The second kappa shape index (κ2) is 4.85. The van der Waals surface area contributed by atoms with E-state index in [0.717, 1.165) is 5.56 Å². The fourth-order valence-corrected chi connectivity index (χ4v) is 1.77. The number of nitrogens with zero attached hydrogens (tertiary/aromatic N) is 1. The highest BCUT2D eigenvalue weighted by Gasteiger charge is 2.17. The lowest BCUT2D eigenvalue weighted by Gasteiger charge is -2.09. The van der Waals surface area contributed by atoms with Crippen molar-refractivity contribution in [1.82, 2.24) is 0 Å². The Hall–Kier alpha value is -1.47. The molecule has 0 aliphatic rings. The molecule has 0 radical (unpaired) electrons. The molecule has 0 aliphatic heterocycles. The molecule has 0 aromatic heterocycles. The van der Waals surface area contributed by atoms with Crippen LogP contribution in [0.25, 0.3) is 0 Å². The van der Waals surface area contributed by atoms with Gasteiger partial charge in [-0.1, -0.05) is 6.92 Å². The molecule has 0 atom stereocenters. The van der Waals surface area contributed by atoms with Gasteiger partial charge in [0.05, 0.1) is 18.2 Å². The maximum Gasteiger partial charge on any atom is 0.339 e. The van der Waals surface area contributed by atoms with E-state index in [-0.39, 0.29) is 0 Å². The first-order valence-corrected chi connectivity index (χ1v) is 4.93.